The third-order valence-corrected chi connectivity index (χ3v) is 4.76. The Morgan fingerprint density at radius 2 is 1.65 bits per heavy atom. The first-order valence-corrected chi connectivity index (χ1v) is 8.58. The molecule has 0 unspecified atom stereocenters. The molecule has 0 spiro atoms. The molecule has 0 N–H and O–H groups in total. The fraction of sp³-hybridized carbons (Fsp3) is 0.421. The summed E-state index contributed by atoms with van der Waals surface area (Å²) in [6, 6.07) is 5.45. The largest absolute Gasteiger partial charge is 0.496 e. The number of nitrogens with zero attached hydrogens (tertiary/aromatic N) is 3. The summed E-state index contributed by atoms with van der Waals surface area (Å²) in [6.45, 7) is 7.38. The van der Waals surface area contributed by atoms with E-state index in [-0.39, 0.29) is 11.8 Å². The molecular weight excluding hydrogens is 334 g/mol. The molecule has 1 aliphatic heterocycles. The lowest BCUT2D eigenvalue weighted by Gasteiger charge is -2.34. The molecule has 1 aromatic carbocycles. The second-order valence-corrected chi connectivity index (χ2v) is 6.47. The van der Waals surface area contributed by atoms with Gasteiger partial charge in [0, 0.05) is 31.7 Å². The van der Waals surface area contributed by atoms with Crippen LogP contribution in [0.3, 0.4) is 0 Å². The highest BCUT2D eigenvalue weighted by Gasteiger charge is 2.28. The highest BCUT2D eigenvalue weighted by molar-refractivity contribution is 5.97. The number of methoxy groups -OCH3 is 1. The Balaban J connectivity index is 1.67. The number of amides is 2. The van der Waals surface area contributed by atoms with Crippen LogP contribution in [-0.4, -0.2) is 60.1 Å². The number of aryl methyl sites for hydroxylation is 3. The van der Waals surface area contributed by atoms with E-state index in [9.17, 15) is 9.59 Å². The number of piperazine rings is 1. The zero-order valence-electron chi connectivity index (χ0n) is 15.5. The molecule has 138 valence electrons. The highest BCUT2D eigenvalue weighted by Crippen LogP contribution is 2.21. The predicted octanol–water partition coefficient (Wildman–Crippen LogP) is 2.21. The second-order valence-electron chi connectivity index (χ2n) is 6.47. The van der Waals surface area contributed by atoms with Crippen LogP contribution in [-0.2, 0) is 0 Å². The van der Waals surface area contributed by atoms with Gasteiger partial charge in [0.2, 0.25) is 0 Å². The van der Waals surface area contributed by atoms with Crippen molar-refractivity contribution in [2.24, 2.45) is 0 Å². The highest BCUT2D eigenvalue weighted by atomic mass is 16.5. The summed E-state index contributed by atoms with van der Waals surface area (Å²) in [4.78, 5) is 28.9. The number of carbonyl (C=O) groups is 2. The van der Waals surface area contributed by atoms with Gasteiger partial charge in [0.15, 0.2) is 0 Å². The molecule has 26 heavy (non-hydrogen) atoms. The van der Waals surface area contributed by atoms with Crippen molar-refractivity contribution in [2.45, 2.75) is 20.8 Å². The zero-order chi connectivity index (χ0) is 18.8. The number of aromatic nitrogens is 1. The molecular formula is C19H23N3O4. The fourth-order valence-electron chi connectivity index (χ4n) is 3.19. The molecule has 0 radical (unpaired) electrons. The summed E-state index contributed by atoms with van der Waals surface area (Å²) in [5, 5.41) is 3.84. The molecule has 7 heteroatoms. The molecule has 3 rings (SSSR count). The third kappa shape index (κ3) is 3.29. The Bertz CT molecular complexity index is 816. The van der Waals surface area contributed by atoms with Crippen LogP contribution in [0.1, 0.15) is 37.7 Å². The monoisotopic (exact) mass is 357 g/mol. The molecule has 2 heterocycles. The van der Waals surface area contributed by atoms with E-state index in [0.717, 1.165) is 5.56 Å². The maximum atomic E-state index is 12.7. The van der Waals surface area contributed by atoms with Gasteiger partial charge in [-0.15, -0.1) is 0 Å². The number of ether oxygens (including phenoxy) is 1. The summed E-state index contributed by atoms with van der Waals surface area (Å²) in [5.41, 5.74) is 2.70. The van der Waals surface area contributed by atoms with Crippen molar-refractivity contribution < 1.29 is 18.8 Å². The van der Waals surface area contributed by atoms with Crippen LogP contribution in [0.5, 0.6) is 5.75 Å². The molecule has 1 aromatic heterocycles. The van der Waals surface area contributed by atoms with E-state index < -0.39 is 0 Å². The van der Waals surface area contributed by atoms with Gasteiger partial charge >= 0.3 is 0 Å². The third-order valence-electron chi connectivity index (χ3n) is 4.76. The van der Waals surface area contributed by atoms with Gasteiger partial charge in [-0.05, 0) is 38.5 Å². The zero-order valence-corrected chi connectivity index (χ0v) is 15.5. The number of benzene rings is 1. The van der Waals surface area contributed by atoms with Gasteiger partial charge in [0.1, 0.15) is 17.1 Å². The van der Waals surface area contributed by atoms with Crippen LogP contribution >= 0.6 is 0 Å². The topological polar surface area (TPSA) is 75.9 Å². The summed E-state index contributed by atoms with van der Waals surface area (Å²) in [6.07, 6.45) is 0. The molecule has 0 aliphatic carbocycles. The molecule has 2 aromatic rings. The van der Waals surface area contributed by atoms with Crippen LogP contribution in [0.25, 0.3) is 0 Å². The van der Waals surface area contributed by atoms with Gasteiger partial charge in [-0.2, -0.15) is 0 Å². The number of hydrogen-bond donors (Lipinski definition) is 0. The Labute approximate surface area is 152 Å². The van der Waals surface area contributed by atoms with E-state index in [1.54, 1.807) is 36.8 Å². The summed E-state index contributed by atoms with van der Waals surface area (Å²) in [5.74, 6) is 1.08. The first-order chi connectivity index (χ1) is 12.4. The molecule has 7 nitrogen and oxygen atoms in total. The maximum Gasteiger partial charge on any atom is 0.259 e. The predicted molar refractivity (Wildman–Crippen MR) is 95.5 cm³/mol. The molecule has 2 amide bonds. The minimum atomic E-state index is -0.0923. The minimum absolute atomic E-state index is 0.0484. The molecule has 1 saturated heterocycles. The van der Waals surface area contributed by atoms with Crippen LogP contribution in [0, 0.1) is 20.8 Å². The van der Waals surface area contributed by atoms with E-state index in [4.69, 9.17) is 9.26 Å². The Morgan fingerprint density at radius 3 is 2.19 bits per heavy atom. The summed E-state index contributed by atoms with van der Waals surface area (Å²) in [7, 11) is 1.59. The van der Waals surface area contributed by atoms with Gasteiger partial charge in [-0.1, -0.05) is 11.2 Å². The molecule has 1 fully saturated rings. The lowest BCUT2D eigenvalue weighted by Crippen LogP contribution is -2.50. The van der Waals surface area contributed by atoms with E-state index in [1.165, 1.54) is 0 Å². The summed E-state index contributed by atoms with van der Waals surface area (Å²) >= 11 is 0. The van der Waals surface area contributed by atoms with Gasteiger partial charge in [0.05, 0.1) is 12.8 Å². The van der Waals surface area contributed by atoms with E-state index in [1.807, 2.05) is 19.1 Å². The van der Waals surface area contributed by atoms with Gasteiger partial charge in [-0.25, -0.2) is 0 Å². The Morgan fingerprint density at radius 1 is 1.04 bits per heavy atom. The average molecular weight is 357 g/mol. The lowest BCUT2D eigenvalue weighted by molar-refractivity contribution is 0.0534. The molecule has 0 atom stereocenters. The normalized spacial score (nSPS) is 14.5. The Hall–Kier alpha value is -2.83. The number of carbonyl (C=O) groups excluding carboxylic acids is 2. The van der Waals surface area contributed by atoms with Crippen LogP contribution in [0.15, 0.2) is 22.7 Å². The van der Waals surface area contributed by atoms with Crippen LogP contribution < -0.4 is 4.74 Å². The average Bonchev–Trinajstić information content (AvgIpc) is 2.99. The SMILES string of the molecule is COc1cc(C(=O)N2CCN(C(=O)c3c(C)noc3C)CC2)ccc1C. The van der Waals surface area contributed by atoms with Crippen molar-refractivity contribution in [1.29, 1.82) is 0 Å². The van der Waals surface area contributed by atoms with Crippen molar-refractivity contribution in [3.63, 3.8) is 0 Å². The number of rotatable bonds is 3. The van der Waals surface area contributed by atoms with E-state index in [0.29, 0.717) is 54.5 Å². The van der Waals surface area contributed by atoms with Crippen molar-refractivity contribution in [3.05, 3.63) is 46.3 Å². The standard InChI is InChI=1S/C19H23N3O4/c1-12-5-6-15(11-16(12)25-4)18(23)21-7-9-22(10-8-21)19(24)17-13(2)20-26-14(17)3/h5-6,11H,7-10H2,1-4H3. The first kappa shape index (κ1) is 18.0. The minimum Gasteiger partial charge on any atom is -0.496 e. The van der Waals surface area contributed by atoms with Gasteiger partial charge < -0.3 is 19.1 Å². The van der Waals surface area contributed by atoms with Crippen molar-refractivity contribution in [1.82, 2.24) is 15.0 Å². The fourth-order valence-corrected chi connectivity index (χ4v) is 3.19. The Kier molecular flexibility index (Phi) is 4.97. The van der Waals surface area contributed by atoms with Crippen molar-refractivity contribution >= 4 is 11.8 Å². The van der Waals surface area contributed by atoms with Gasteiger partial charge in [0.25, 0.3) is 11.8 Å². The van der Waals surface area contributed by atoms with E-state index >= 15 is 0 Å². The van der Waals surface area contributed by atoms with Gasteiger partial charge in [-0.3, -0.25) is 9.59 Å². The second kappa shape index (κ2) is 7.19. The van der Waals surface area contributed by atoms with Crippen molar-refractivity contribution in [3.8, 4) is 5.75 Å². The number of hydrogen-bond acceptors (Lipinski definition) is 5. The molecule has 1 aliphatic rings. The maximum absolute atomic E-state index is 12.7. The van der Waals surface area contributed by atoms with Crippen LogP contribution in [0.4, 0.5) is 0 Å². The smallest absolute Gasteiger partial charge is 0.259 e. The molecule has 0 bridgehead atoms. The van der Waals surface area contributed by atoms with Crippen LogP contribution in [0.2, 0.25) is 0 Å². The lowest BCUT2D eigenvalue weighted by atomic mass is 10.1. The van der Waals surface area contributed by atoms with Crippen molar-refractivity contribution in [2.75, 3.05) is 33.3 Å². The quantitative estimate of drug-likeness (QED) is 0.842. The molecule has 0 saturated carbocycles. The first-order valence-electron chi connectivity index (χ1n) is 8.58. The van der Waals surface area contributed by atoms with E-state index in [2.05, 4.69) is 5.16 Å². The summed E-state index contributed by atoms with van der Waals surface area (Å²) < 4.78 is 10.4.